The Bertz CT molecular complexity index is 453. The molecule has 0 aliphatic carbocycles. The van der Waals surface area contributed by atoms with Crippen molar-refractivity contribution < 1.29 is 18.3 Å². The number of anilines is 1. The molecule has 0 aromatic heterocycles. The number of para-hydroxylation sites is 1. The fraction of sp³-hybridized carbons (Fsp3) is 0.533. The maximum absolute atomic E-state index is 12.3. The fourth-order valence-corrected chi connectivity index (χ4v) is 1.98. The van der Waals surface area contributed by atoms with Crippen LogP contribution in [0.15, 0.2) is 18.2 Å². The summed E-state index contributed by atoms with van der Waals surface area (Å²) in [6.45, 7) is -0.530. The molecule has 0 fully saturated rings. The van der Waals surface area contributed by atoms with E-state index in [-0.39, 0.29) is 11.7 Å². The second kappa shape index (κ2) is 9.28. The Kier molecular flexibility index (Phi) is 7.68. The predicted molar refractivity (Wildman–Crippen MR) is 78.6 cm³/mol. The quantitative estimate of drug-likeness (QED) is 0.687. The number of nitrogens with one attached hydrogen (secondary N) is 1. The maximum Gasteiger partial charge on any atom is 0.387 e. The number of carbonyl (C=O) groups excluding carboxylic acids is 1. The first-order chi connectivity index (χ1) is 10.0. The van der Waals surface area contributed by atoms with E-state index in [4.69, 9.17) is 5.73 Å². The molecule has 0 bridgehead atoms. The third kappa shape index (κ3) is 6.53. The molecule has 0 atom stereocenters. The van der Waals surface area contributed by atoms with Crippen molar-refractivity contribution in [2.24, 2.45) is 5.73 Å². The van der Waals surface area contributed by atoms with Crippen molar-refractivity contribution in [3.05, 3.63) is 23.8 Å². The molecule has 0 aliphatic rings. The highest BCUT2D eigenvalue weighted by Crippen LogP contribution is 2.29. The summed E-state index contributed by atoms with van der Waals surface area (Å²) >= 11 is 0. The van der Waals surface area contributed by atoms with Crippen LogP contribution in [0.2, 0.25) is 0 Å². The molecule has 0 unspecified atom stereocenters. The van der Waals surface area contributed by atoms with Gasteiger partial charge in [0.2, 0.25) is 5.91 Å². The maximum atomic E-state index is 12.3. The zero-order chi connectivity index (χ0) is 15.7. The third-order valence-corrected chi connectivity index (χ3v) is 3.07. The molecule has 1 aromatic carbocycles. The zero-order valence-electron chi connectivity index (χ0n) is 12.2. The number of unbranched alkanes of at least 4 members (excludes halogenated alkanes) is 3. The highest BCUT2D eigenvalue weighted by Gasteiger charge is 2.13. The van der Waals surface area contributed by atoms with Gasteiger partial charge >= 0.3 is 6.61 Å². The number of nitrogens with two attached hydrogens (primary N) is 1. The van der Waals surface area contributed by atoms with E-state index in [0.717, 1.165) is 25.7 Å². The average Bonchev–Trinajstić information content (AvgIpc) is 2.42. The third-order valence-electron chi connectivity index (χ3n) is 3.07. The molecule has 6 heteroatoms. The minimum atomic E-state index is -2.92. The van der Waals surface area contributed by atoms with Crippen molar-refractivity contribution >= 4 is 11.6 Å². The van der Waals surface area contributed by atoms with Crippen molar-refractivity contribution in [2.75, 3.05) is 11.9 Å². The lowest BCUT2D eigenvalue weighted by Gasteiger charge is -2.14. The number of rotatable bonds is 9. The van der Waals surface area contributed by atoms with Gasteiger partial charge in [0.05, 0.1) is 5.69 Å². The van der Waals surface area contributed by atoms with Crippen molar-refractivity contribution in [1.29, 1.82) is 0 Å². The number of aryl methyl sites for hydroxylation is 1. The lowest BCUT2D eigenvalue weighted by Crippen LogP contribution is -2.14. The molecule has 0 radical (unpaired) electrons. The summed E-state index contributed by atoms with van der Waals surface area (Å²) in [5, 5.41) is 2.65. The summed E-state index contributed by atoms with van der Waals surface area (Å²) in [5.74, 6) is -0.211. The molecule has 1 amide bonds. The zero-order valence-corrected chi connectivity index (χ0v) is 12.2. The minimum absolute atomic E-state index is 0.0125. The van der Waals surface area contributed by atoms with Crippen LogP contribution in [0.4, 0.5) is 14.5 Å². The second-order valence-electron chi connectivity index (χ2n) is 4.83. The van der Waals surface area contributed by atoms with Crippen LogP contribution in [-0.2, 0) is 4.79 Å². The van der Waals surface area contributed by atoms with Crippen LogP contribution in [0, 0.1) is 6.92 Å². The lowest BCUT2D eigenvalue weighted by molar-refractivity contribution is -0.116. The lowest BCUT2D eigenvalue weighted by atomic mass is 10.1. The number of ether oxygens (including phenoxy) is 1. The minimum Gasteiger partial charge on any atom is -0.433 e. The molecule has 0 saturated carbocycles. The van der Waals surface area contributed by atoms with Gasteiger partial charge in [0.15, 0.2) is 0 Å². The Morgan fingerprint density at radius 1 is 1.29 bits per heavy atom. The molecule has 0 spiro atoms. The van der Waals surface area contributed by atoms with Crippen LogP contribution >= 0.6 is 0 Å². The number of benzene rings is 1. The molecule has 1 aromatic rings. The van der Waals surface area contributed by atoms with E-state index in [1.165, 1.54) is 6.07 Å². The monoisotopic (exact) mass is 300 g/mol. The first-order valence-corrected chi connectivity index (χ1v) is 7.09. The molecule has 3 N–H and O–H groups in total. The van der Waals surface area contributed by atoms with Crippen molar-refractivity contribution in [3.8, 4) is 5.75 Å². The van der Waals surface area contributed by atoms with Gasteiger partial charge in [0.1, 0.15) is 5.75 Å². The smallest absolute Gasteiger partial charge is 0.387 e. The summed E-state index contributed by atoms with van der Waals surface area (Å²) in [6, 6.07) is 4.75. The number of alkyl halides is 2. The topological polar surface area (TPSA) is 64.3 Å². The van der Waals surface area contributed by atoms with Gasteiger partial charge in [0.25, 0.3) is 0 Å². The predicted octanol–water partition coefficient (Wildman–Crippen LogP) is 3.44. The molecule has 118 valence electrons. The van der Waals surface area contributed by atoms with E-state index >= 15 is 0 Å². The molecule has 0 aliphatic heterocycles. The van der Waals surface area contributed by atoms with E-state index < -0.39 is 6.61 Å². The van der Waals surface area contributed by atoms with Gasteiger partial charge in [-0.15, -0.1) is 0 Å². The van der Waals surface area contributed by atoms with Crippen LogP contribution in [0.1, 0.15) is 37.7 Å². The molecule has 1 rings (SSSR count). The molecule has 4 nitrogen and oxygen atoms in total. The standard InChI is InChI=1S/C15H22F2N2O2/c1-11-7-6-8-12(21-15(16)17)14(11)19-13(20)9-4-2-3-5-10-18/h6-8,15H,2-5,9-10,18H2,1H3,(H,19,20). The second-order valence-corrected chi connectivity index (χ2v) is 4.83. The highest BCUT2D eigenvalue weighted by molar-refractivity contribution is 5.93. The normalized spacial score (nSPS) is 10.7. The summed E-state index contributed by atoms with van der Waals surface area (Å²) in [7, 11) is 0. The number of hydrogen-bond acceptors (Lipinski definition) is 3. The molecular formula is C15H22F2N2O2. The molecule has 0 saturated heterocycles. The van der Waals surface area contributed by atoms with Crippen LogP contribution < -0.4 is 15.8 Å². The van der Waals surface area contributed by atoms with Crippen molar-refractivity contribution in [2.45, 2.75) is 45.6 Å². The van der Waals surface area contributed by atoms with Gasteiger partial charge in [-0.3, -0.25) is 4.79 Å². The van der Waals surface area contributed by atoms with E-state index in [1.54, 1.807) is 19.1 Å². The van der Waals surface area contributed by atoms with Gasteiger partial charge in [0, 0.05) is 6.42 Å². The first-order valence-electron chi connectivity index (χ1n) is 7.09. The largest absolute Gasteiger partial charge is 0.433 e. The van der Waals surface area contributed by atoms with E-state index in [2.05, 4.69) is 10.1 Å². The van der Waals surface area contributed by atoms with Crippen molar-refractivity contribution in [3.63, 3.8) is 0 Å². The SMILES string of the molecule is Cc1cccc(OC(F)F)c1NC(=O)CCCCCCN. The first kappa shape index (κ1) is 17.4. The molecule has 0 heterocycles. The Balaban J connectivity index is 2.54. The Morgan fingerprint density at radius 3 is 2.67 bits per heavy atom. The van der Waals surface area contributed by atoms with E-state index in [1.807, 2.05) is 0 Å². The van der Waals surface area contributed by atoms with Crippen LogP contribution in [-0.4, -0.2) is 19.1 Å². The summed E-state index contributed by atoms with van der Waals surface area (Å²) in [5.41, 5.74) is 6.39. The highest BCUT2D eigenvalue weighted by atomic mass is 19.3. The molecular weight excluding hydrogens is 278 g/mol. The number of halogens is 2. The Morgan fingerprint density at radius 2 is 2.00 bits per heavy atom. The van der Waals surface area contributed by atoms with Gasteiger partial charge in [-0.25, -0.2) is 0 Å². The summed E-state index contributed by atoms with van der Waals surface area (Å²) in [6.07, 6.45) is 3.98. The van der Waals surface area contributed by atoms with Gasteiger partial charge < -0.3 is 15.8 Å². The number of amides is 1. The van der Waals surface area contributed by atoms with Crippen LogP contribution in [0.3, 0.4) is 0 Å². The van der Waals surface area contributed by atoms with Gasteiger partial charge in [-0.2, -0.15) is 8.78 Å². The fourth-order valence-electron chi connectivity index (χ4n) is 1.98. The van der Waals surface area contributed by atoms with Crippen LogP contribution in [0.25, 0.3) is 0 Å². The van der Waals surface area contributed by atoms with Crippen molar-refractivity contribution in [1.82, 2.24) is 0 Å². The average molecular weight is 300 g/mol. The van der Waals surface area contributed by atoms with E-state index in [0.29, 0.717) is 24.2 Å². The Hall–Kier alpha value is -1.69. The summed E-state index contributed by atoms with van der Waals surface area (Å²) in [4.78, 5) is 11.9. The number of hydrogen-bond donors (Lipinski definition) is 2. The molecule has 21 heavy (non-hydrogen) atoms. The Labute approximate surface area is 123 Å². The number of carbonyl (C=O) groups is 1. The summed E-state index contributed by atoms with van der Waals surface area (Å²) < 4.78 is 29.1. The van der Waals surface area contributed by atoms with Gasteiger partial charge in [-0.1, -0.05) is 25.0 Å². The van der Waals surface area contributed by atoms with Crippen LogP contribution in [0.5, 0.6) is 5.75 Å². The van der Waals surface area contributed by atoms with E-state index in [9.17, 15) is 13.6 Å². The van der Waals surface area contributed by atoms with Gasteiger partial charge in [-0.05, 0) is 37.9 Å².